The van der Waals surface area contributed by atoms with E-state index in [4.69, 9.17) is 0 Å². The van der Waals surface area contributed by atoms with Gasteiger partial charge in [0, 0.05) is 14.5 Å². The average molecular weight is 526 g/mol. The molecule has 28 heavy (non-hydrogen) atoms. The van der Waals surface area contributed by atoms with Crippen LogP contribution >= 0.6 is 34.4 Å². The molecule has 1 amide bonds. The number of amidine groups is 1. The van der Waals surface area contributed by atoms with Crippen LogP contribution in [0.1, 0.15) is 11.1 Å². The molecule has 0 radical (unpaired) electrons. The van der Waals surface area contributed by atoms with E-state index in [9.17, 15) is 13.2 Å². The van der Waals surface area contributed by atoms with E-state index in [1.165, 1.54) is 11.8 Å². The van der Waals surface area contributed by atoms with Gasteiger partial charge in [0.15, 0.2) is 15.0 Å². The van der Waals surface area contributed by atoms with Crippen LogP contribution in [0.2, 0.25) is 0 Å². The quantitative estimate of drug-likeness (QED) is 0.574. The van der Waals surface area contributed by atoms with Crippen molar-refractivity contribution in [3.05, 3.63) is 63.2 Å². The molecule has 2 aromatic rings. The van der Waals surface area contributed by atoms with Gasteiger partial charge in [-0.2, -0.15) is 4.99 Å². The van der Waals surface area contributed by atoms with Crippen molar-refractivity contribution >= 4 is 61.0 Å². The SMILES string of the molecule is Cc1ccc(CC(=O)N=C2SC3CS(=O)(=O)CC3N2c2cccc(I)c2)cc1. The normalized spacial score (nSPS) is 24.5. The van der Waals surface area contributed by atoms with Crippen LogP contribution in [-0.4, -0.2) is 42.3 Å². The van der Waals surface area contributed by atoms with Crippen LogP contribution in [0.15, 0.2) is 53.5 Å². The van der Waals surface area contributed by atoms with Crippen molar-refractivity contribution in [2.45, 2.75) is 24.6 Å². The molecule has 2 unspecified atom stereocenters. The Kier molecular flexibility index (Phi) is 5.54. The molecule has 2 fully saturated rings. The first-order valence-corrected chi connectivity index (χ1v) is 12.7. The summed E-state index contributed by atoms with van der Waals surface area (Å²) in [6.07, 6.45) is 0.234. The summed E-state index contributed by atoms with van der Waals surface area (Å²) in [5.74, 6) is 0.0136. The molecule has 2 aromatic carbocycles. The zero-order valence-electron chi connectivity index (χ0n) is 15.2. The maximum Gasteiger partial charge on any atom is 0.252 e. The minimum Gasteiger partial charge on any atom is -0.316 e. The number of fused-ring (bicyclic) bond motifs is 1. The first-order chi connectivity index (χ1) is 13.3. The molecule has 8 heteroatoms. The summed E-state index contributed by atoms with van der Waals surface area (Å²) in [6, 6.07) is 15.5. The average Bonchev–Trinajstić information content (AvgIpc) is 3.07. The fourth-order valence-corrected chi connectivity index (χ4v) is 7.98. The molecular weight excluding hydrogens is 507 g/mol. The Morgan fingerprint density at radius 1 is 1.21 bits per heavy atom. The van der Waals surface area contributed by atoms with Gasteiger partial charge >= 0.3 is 0 Å². The number of amides is 1. The molecule has 146 valence electrons. The van der Waals surface area contributed by atoms with Gasteiger partial charge in [-0.15, -0.1) is 0 Å². The van der Waals surface area contributed by atoms with E-state index >= 15 is 0 Å². The maximum atomic E-state index is 12.6. The molecule has 0 saturated carbocycles. The largest absolute Gasteiger partial charge is 0.316 e. The summed E-state index contributed by atoms with van der Waals surface area (Å²) in [7, 11) is -3.07. The van der Waals surface area contributed by atoms with Crippen molar-refractivity contribution in [1.29, 1.82) is 0 Å². The fourth-order valence-electron chi connectivity index (χ4n) is 3.52. The molecule has 2 aliphatic heterocycles. The lowest BCUT2D eigenvalue weighted by atomic mass is 10.1. The van der Waals surface area contributed by atoms with Crippen LogP contribution in [0.5, 0.6) is 0 Å². The lowest BCUT2D eigenvalue weighted by Crippen LogP contribution is -2.37. The van der Waals surface area contributed by atoms with Crippen LogP contribution in [0.3, 0.4) is 0 Å². The lowest BCUT2D eigenvalue weighted by molar-refractivity contribution is -0.117. The highest BCUT2D eigenvalue weighted by molar-refractivity contribution is 14.1. The molecule has 0 aromatic heterocycles. The number of sulfone groups is 1. The second kappa shape index (κ2) is 7.79. The van der Waals surface area contributed by atoms with Crippen molar-refractivity contribution in [2.75, 3.05) is 16.4 Å². The smallest absolute Gasteiger partial charge is 0.252 e. The molecule has 2 aliphatic rings. The van der Waals surface area contributed by atoms with Crippen molar-refractivity contribution in [3.8, 4) is 0 Å². The number of carbonyl (C=O) groups is 1. The number of hydrogen-bond donors (Lipinski definition) is 0. The number of nitrogens with zero attached hydrogens (tertiary/aromatic N) is 2. The van der Waals surface area contributed by atoms with Crippen LogP contribution in [0.4, 0.5) is 5.69 Å². The van der Waals surface area contributed by atoms with Gasteiger partial charge in [0.2, 0.25) is 0 Å². The highest BCUT2D eigenvalue weighted by Gasteiger charge is 2.49. The third-order valence-corrected chi connectivity index (χ3v) is 8.73. The molecule has 5 nitrogen and oxygen atoms in total. The Morgan fingerprint density at radius 2 is 1.96 bits per heavy atom. The predicted molar refractivity (Wildman–Crippen MR) is 123 cm³/mol. The molecule has 2 atom stereocenters. The van der Waals surface area contributed by atoms with Gasteiger partial charge in [-0.25, -0.2) is 8.42 Å². The number of aliphatic imine (C=N–C) groups is 1. The summed E-state index contributed by atoms with van der Waals surface area (Å²) in [6.45, 7) is 2.01. The van der Waals surface area contributed by atoms with E-state index in [0.29, 0.717) is 5.17 Å². The summed E-state index contributed by atoms with van der Waals surface area (Å²) >= 11 is 3.64. The van der Waals surface area contributed by atoms with Crippen LogP contribution in [0.25, 0.3) is 0 Å². The van der Waals surface area contributed by atoms with E-state index in [0.717, 1.165) is 20.4 Å². The molecule has 2 saturated heterocycles. The minimum absolute atomic E-state index is 0.0891. The Morgan fingerprint density at radius 3 is 2.68 bits per heavy atom. The van der Waals surface area contributed by atoms with Crippen LogP contribution < -0.4 is 4.90 Å². The number of anilines is 1. The molecule has 0 N–H and O–H groups in total. The van der Waals surface area contributed by atoms with Gasteiger partial charge in [0.25, 0.3) is 5.91 Å². The first kappa shape index (κ1) is 19.9. The number of aryl methyl sites for hydroxylation is 1. The van der Waals surface area contributed by atoms with Gasteiger partial charge in [-0.3, -0.25) is 4.79 Å². The monoisotopic (exact) mass is 526 g/mol. The van der Waals surface area contributed by atoms with E-state index in [1.54, 1.807) is 0 Å². The van der Waals surface area contributed by atoms with Crippen molar-refractivity contribution in [2.24, 2.45) is 4.99 Å². The second-order valence-electron chi connectivity index (χ2n) is 7.10. The summed E-state index contributed by atoms with van der Waals surface area (Å²) in [5.41, 5.74) is 2.95. The van der Waals surface area contributed by atoms with Gasteiger partial charge in [-0.1, -0.05) is 47.7 Å². The molecular formula is C20H19IN2O3S2. The van der Waals surface area contributed by atoms with Gasteiger partial charge < -0.3 is 4.90 Å². The Labute approximate surface area is 182 Å². The molecule has 0 bridgehead atoms. The first-order valence-electron chi connectivity index (χ1n) is 8.90. The Hall–Kier alpha value is -1.39. The predicted octanol–water partition coefficient (Wildman–Crippen LogP) is 3.44. The Bertz CT molecular complexity index is 1050. The minimum atomic E-state index is -3.07. The lowest BCUT2D eigenvalue weighted by Gasteiger charge is -2.24. The topological polar surface area (TPSA) is 66.8 Å². The Balaban J connectivity index is 1.63. The third-order valence-electron chi connectivity index (χ3n) is 4.85. The van der Waals surface area contributed by atoms with E-state index < -0.39 is 9.84 Å². The number of halogens is 1. The maximum absolute atomic E-state index is 12.6. The van der Waals surface area contributed by atoms with E-state index in [-0.39, 0.29) is 35.1 Å². The highest BCUT2D eigenvalue weighted by atomic mass is 127. The number of carbonyl (C=O) groups excluding carboxylic acids is 1. The highest BCUT2D eigenvalue weighted by Crippen LogP contribution is 2.41. The van der Waals surface area contributed by atoms with Gasteiger partial charge in [-0.05, 0) is 53.3 Å². The number of rotatable bonds is 3. The summed E-state index contributed by atoms with van der Waals surface area (Å²) < 4.78 is 25.3. The number of benzene rings is 2. The number of thioether (sulfide) groups is 1. The standard InChI is InChI=1S/C20H19IN2O3S2/c1-13-5-7-14(8-6-13)9-19(24)22-20-23(16-4-2-3-15(21)10-16)17-11-28(25,26)12-18(17)27-20/h2-8,10,17-18H,9,11-12H2,1H3. The third kappa shape index (κ3) is 4.28. The summed E-state index contributed by atoms with van der Waals surface area (Å²) in [4.78, 5) is 18.9. The zero-order valence-corrected chi connectivity index (χ0v) is 19.0. The second-order valence-corrected chi connectivity index (χ2v) is 11.7. The van der Waals surface area contributed by atoms with E-state index in [2.05, 4.69) is 27.6 Å². The summed E-state index contributed by atoms with van der Waals surface area (Å²) in [5, 5.41) is 0.512. The molecule has 0 aliphatic carbocycles. The fraction of sp³-hybridized carbons (Fsp3) is 0.300. The van der Waals surface area contributed by atoms with Gasteiger partial charge in [0.05, 0.1) is 24.0 Å². The zero-order chi connectivity index (χ0) is 19.9. The molecule has 2 heterocycles. The van der Waals surface area contributed by atoms with E-state index in [1.807, 2.05) is 60.4 Å². The van der Waals surface area contributed by atoms with Gasteiger partial charge in [0.1, 0.15) is 0 Å². The molecule has 4 rings (SSSR count). The van der Waals surface area contributed by atoms with Crippen molar-refractivity contribution < 1.29 is 13.2 Å². The van der Waals surface area contributed by atoms with Crippen LogP contribution in [0, 0.1) is 10.5 Å². The van der Waals surface area contributed by atoms with Crippen LogP contribution in [-0.2, 0) is 21.1 Å². The number of hydrogen-bond acceptors (Lipinski definition) is 4. The van der Waals surface area contributed by atoms with Crippen molar-refractivity contribution in [1.82, 2.24) is 0 Å². The van der Waals surface area contributed by atoms with Crippen molar-refractivity contribution in [3.63, 3.8) is 0 Å². The molecule has 0 spiro atoms.